The maximum atomic E-state index is 12.2. The topological polar surface area (TPSA) is 78.8 Å². The summed E-state index contributed by atoms with van der Waals surface area (Å²) < 4.78 is 0. The van der Waals surface area contributed by atoms with Gasteiger partial charge in [-0.1, -0.05) is 12.5 Å². The van der Waals surface area contributed by atoms with Gasteiger partial charge in [-0.15, -0.1) is 18.3 Å². The molecule has 0 aliphatic carbocycles. The third-order valence-electron chi connectivity index (χ3n) is 3.40. The molecule has 2 unspecified atom stereocenters. The lowest BCUT2D eigenvalue weighted by Gasteiger charge is -2.15. The van der Waals surface area contributed by atoms with E-state index < -0.39 is 0 Å². The van der Waals surface area contributed by atoms with E-state index in [-0.39, 0.29) is 34.6 Å². The van der Waals surface area contributed by atoms with Crippen molar-refractivity contribution >= 4 is 36.2 Å². The second-order valence-electron chi connectivity index (χ2n) is 5.16. The fourth-order valence-electron chi connectivity index (χ4n) is 2.19. The minimum absolute atomic E-state index is 0.0997. The van der Waals surface area contributed by atoms with Gasteiger partial charge in [-0.2, -0.15) is 5.10 Å². The average molecular weight is 325 g/mol. The molecule has 2 atom stereocenters. The zero-order chi connectivity index (χ0) is 16.5. The fourth-order valence-corrected chi connectivity index (χ4v) is 3.30. The van der Waals surface area contributed by atoms with Gasteiger partial charge in [-0.3, -0.25) is 19.3 Å². The number of likely N-dealkylation sites (tertiary alicyclic amines) is 1. The Morgan fingerprint density at radius 3 is 2.86 bits per heavy atom. The Morgan fingerprint density at radius 1 is 1.50 bits per heavy atom. The molecule has 1 fully saturated rings. The summed E-state index contributed by atoms with van der Waals surface area (Å²) in [5.74, 6) is -0.372. The third kappa shape index (κ3) is 5.63. The van der Waals surface area contributed by atoms with Crippen LogP contribution in [-0.2, 0) is 14.4 Å². The highest BCUT2D eigenvalue weighted by Crippen LogP contribution is 2.29. The van der Waals surface area contributed by atoms with E-state index in [2.05, 4.69) is 23.8 Å². The van der Waals surface area contributed by atoms with Crippen LogP contribution < -0.4 is 5.43 Å². The summed E-state index contributed by atoms with van der Waals surface area (Å²) in [4.78, 5) is 36.6. The van der Waals surface area contributed by atoms with Crippen molar-refractivity contribution in [1.82, 2.24) is 10.3 Å². The third-order valence-corrected chi connectivity index (χ3v) is 4.72. The van der Waals surface area contributed by atoms with Gasteiger partial charge < -0.3 is 0 Å². The number of hydrogen-bond donors (Lipinski definition) is 1. The Labute approximate surface area is 135 Å². The zero-order valence-corrected chi connectivity index (χ0v) is 13.7. The van der Waals surface area contributed by atoms with E-state index in [1.165, 1.54) is 16.7 Å². The van der Waals surface area contributed by atoms with Crippen LogP contribution in [0.3, 0.4) is 0 Å². The average Bonchev–Trinajstić information content (AvgIpc) is 2.74. The van der Waals surface area contributed by atoms with Crippen LogP contribution >= 0.6 is 11.8 Å². The highest BCUT2D eigenvalue weighted by Gasteiger charge is 2.38. The number of imide groups is 1. The number of unbranched alkanes of at least 4 members (excludes halogenated alkanes) is 2. The van der Waals surface area contributed by atoms with Crippen molar-refractivity contribution in [3.05, 3.63) is 12.7 Å². The molecule has 0 aromatic carbocycles. The van der Waals surface area contributed by atoms with Crippen LogP contribution in [0.5, 0.6) is 0 Å². The van der Waals surface area contributed by atoms with E-state index in [0.29, 0.717) is 25.8 Å². The van der Waals surface area contributed by atoms with Crippen molar-refractivity contribution in [1.29, 1.82) is 0 Å². The molecule has 0 bridgehead atoms. The first-order valence-corrected chi connectivity index (χ1v) is 8.30. The van der Waals surface area contributed by atoms with Crippen LogP contribution in [0.2, 0.25) is 0 Å². The Hall–Kier alpha value is -1.63. The SMILES string of the molecule is C=CC(C)SC1CC(=O)N(CCCCCC(=O)NN=C)C1=O. The van der Waals surface area contributed by atoms with Gasteiger partial charge in [0.15, 0.2) is 0 Å². The molecule has 0 saturated carbocycles. The Morgan fingerprint density at radius 2 is 2.23 bits per heavy atom. The Bertz CT molecular complexity index is 453. The summed E-state index contributed by atoms with van der Waals surface area (Å²) in [6, 6.07) is 0. The first-order valence-electron chi connectivity index (χ1n) is 7.36. The molecule has 6 nitrogen and oxygen atoms in total. The molecule has 1 saturated heterocycles. The van der Waals surface area contributed by atoms with E-state index >= 15 is 0 Å². The van der Waals surface area contributed by atoms with E-state index in [1.807, 2.05) is 6.92 Å². The van der Waals surface area contributed by atoms with Gasteiger partial charge >= 0.3 is 0 Å². The van der Waals surface area contributed by atoms with Crippen molar-refractivity contribution in [2.24, 2.45) is 5.10 Å². The van der Waals surface area contributed by atoms with Gasteiger partial charge in [0.2, 0.25) is 17.7 Å². The quantitative estimate of drug-likeness (QED) is 0.218. The molecular formula is C15H23N3O3S. The van der Waals surface area contributed by atoms with Gasteiger partial charge in [-0.05, 0) is 19.8 Å². The summed E-state index contributed by atoms with van der Waals surface area (Å²) in [6.07, 6.45) is 4.60. The zero-order valence-electron chi connectivity index (χ0n) is 12.9. The summed E-state index contributed by atoms with van der Waals surface area (Å²) in [5, 5.41) is 3.16. The summed E-state index contributed by atoms with van der Waals surface area (Å²) in [5.41, 5.74) is 2.27. The molecular weight excluding hydrogens is 302 g/mol. The monoisotopic (exact) mass is 325 g/mol. The molecule has 7 heteroatoms. The standard InChI is InChI=1S/C15H23N3O3S/c1-4-11(2)22-12-10-14(20)18(15(12)21)9-7-5-6-8-13(19)17-16-3/h4,11-12H,1,3,5-10H2,2H3,(H,17,19). The minimum Gasteiger partial charge on any atom is -0.282 e. The smallest absolute Gasteiger partial charge is 0.242 e. The number of carbonyl (C=O) groups is 3. The largest absolute Gasteiger partial charge is 0.282 e. The van der Waals surface area contributed by atoms with Gasteiger partial charge in [0.05, 0.1) is 5.25 Å². The van der Waals surface area contributed by atoms with Crippen molar-refractivity contribution in [2.75, 3.05) is 6.54 Å². The number of nitrogens with one attached hydrogen (secondary N) is 1. The molecule has 122 valence electrons. The molecule has 0 aromatic heterocycles. The Kier molecular flexibility index (Phi) is 7.87. The minimum atomic E-state index is -0.287. The van der Waals surface area contributed by atoms with E-state index in [9.17, 15) is 14.4 Å². The molecule has 1 aliphatic heterocycles. The fraction of sp³-hybridized carbons (Fsp3) is 0.600. The van der Waals surface area contributed by atoms with Crippen LogP contribution in [0.4, 0.5) is 0 Å². The molecule has 0 aromatic rings. The number of nitrogens with zero attached hydrogens (tertiary/aromatic N) is 2. The maximum absolute atomic E-state index is 12.2. The van der Waals surface area contributed by atoms with Crippen LogP contribution in [0.25, 0.3) is 0 Å². The lowest BCUT2D eigenvalue weighted by molar-refractivity contribution is -0.138. The normalized spacial score (nSPS) is 19.1. The van der Waals surface area contributed by atoms with E-state index in [0.717, 1.165) is 6.42 Å². The van der Waals surface area contributed by atoms with Crippen molar-refractivity contribution in [3.8, 4) is 0 Å². The number of amides is 3. The van der Waals surface area contributed by atoms with Gasteiger partial charge in [0.1, 0.15) is 0 Å². The predicted molar refractivity (Wildman–Crippen MR) is 88.5 cm³/mol. The Balaban J connectivity index is 2.29. The van der Waals surface area contributed by atoms with Gasteiger partial charge in [0.25, 0.3) is 0 Å². The second-order valence-corrected chi connectivity index (χ2v) is 6.74. The van der Waals surface area contributed by atoms with Crippen molar-refractivity contribution < 1.29 is 14.4 Å². The van der Waals surface area contributed by atoms with Gasteiger partial charge in [-0.25, -0.2) is 5.43 Å². The lowest BCUT2D eigenvalue weighted by atomic mass is 10.2. The molecule has 0 radical (unpaired) electrons. The van der Waals surface area contributed by atoms with Crippen LogP contribution in [0, 0.1) is 0 Å². The molecule has 3 amide bonds. The number of thioether (sulfide) groups is 1. The van der Waals surface area contributed by atoms with Crippen molar-refractivity contribution in [2.45, 2.75) is 49.5 Å². The summed E-state index contributed by atoms with van der Waals surface area (Å²) >= 11 is 1.48. The number of rotatable bonds is 10. The van der Waals surface area contributed by atoms with E-state index in [4.69, 9.17) is 0 Å². The highest BCUT2D eigenvalue weighted by molar-refractivity contribution is 8.01. The molecule has 0 spiro atoms. The molecule has 22 heavy (non-hydrogen) atoms. The second kappa shape index (κ2) is 9.40. The first kappa shape index (κ1) is 18.4. The van der Waals surface area contributed by atoms with Crippen LogP contribution in [-0.4, -0.2) is 46.4 Å². The summed E-state index contributed by atoms with van der Waals surface area (Å²) in [7, 11) is 0. The maximum Gasteiger partial charge on any atom is 0.242 e. The number of hydrogen-bond acceptors (Lipinski definition) is 5. The first-order chi connectivity index (χ1) is 10.5. The molecule has 1 heterocycles. The predicted octanol–water partition coefficient (Wildman–Crippen LogP) is 1.71. The highest BCUT2D eigenvalue weighted by atomic mass is 32.2. The van der Waals surface area contributed by atoms with Crippen molar-refractivity contribution in [3.63, 3.8) is 0 Å². The number of hydrazone groups is 1. The molecule has 1 aliphatic rings. The molecule has 1 N–H and O–H groups in total. The van der Waals surface area contributed by atoms with Crippen LogP contribution in [0.1, 0.15) is 39.0 Å². The molecule has 1 rings (SSSR count). The van der Waals surface area contributed by atoms with Gasteiger partial charge in [0, 0.05) is 31.4 Å². The van der Waals surface area contributed by atoms with E-state index in [1.54, 1.807) is 6.08 Å². The van der Waals surface area contributed by atoms with Crippen LogP contribution in [0.15, 0.2) is 17.8 Å². The summed E-state index contributed by atoms with van der Waals surface area (Å²) in [6.45, 7) is 9.25. The lowest BCUT2D eigenvalue weighted by Crippen LogP contribution is -2.32. The number of carbonyl (C=O) groups excluding carboxylic acids is 3.